The van der Waals surface area contributed by atoms with E-state index < -0.39 is 54.3 Å². The summed E-state index contributed by atoms with van der Waals surface area (Å²) in [5, 5.41) is 37.4. The Morgan fingerprint density at radius 3 is 2.11 bits per heavy atom. The summed E-state index contributed by atoms with van der Waals surface area (Å²) >= 11 is 0. The molecule has 45 heavy (non-hydrogen) atoms. The maximum Gasteiger partial charge on any atom is 0.433 e. The average molecular weight is 642 g/mol. The number of aromatic nitrogens is 4. The van der Waals surface area contributed by atoms with Crippen molar-refractivity contribution < 1.29 is 62.2 Å². The van der Waals surface area contributed by atoms with Crippen molar-refractivity contribution in [3.63, 3.8) is 0 Å². The number of alkyl halides is 3. The van der Waals surface area contributed by atoms with Crippen molar-refractivity contribution >= 4 is 29.6 Å². The number of ether oxygens (including phenoxy) is 2. The molecular weight excluding hydrogens is 611 g/mol. The Hall–Kier alpha value is -5.00. The van der Waals surface area contributed by atoms with Crippen LogP contribution in [0.4, 0.5) is 13.2 Å². The monoisotopic (exact) mass is 641 g/mol. The molecule has 3 heterocycles. The summed E-state index contributed by atoms with van der Waals surface area (Å²) in [6.45, 7) is 2.45. The van der Waals surface area contributed by atoms with Crippen LogP contribution in [0.15, 0.2) is 36.7 Å². The number of carboxylic acids is 3. The van der Waals surface area contributed by atoms with Crippen LogP contribution in [0.1, 0.15) is 49.9 Å². The van der Waals surface area contributed by atoms with Gasteiger partial charge in [-0.3, -0.25) is 14.4 Å². The van der Waals surface area contributed by atoms with Gasteiger partial charge in [-0.25, -0.2) is 9.78 Å². The minimum atomic E-state index is -4.58. The summed E-state index contributed by atoms with van der Waals surface area (Å²) in [5.74, 6) is -4.52. The third-order valence-electron chi connectivity index (χ3n) is 6.79. The molecule has 0 spiro atoms. The van der Waals surface area contributed by atoms with Gasteiger partial charge in [0, 0.05) is 24.7 Å². The van der Waals surface area contributed by atoms with Gasteiger partial charge >= 0.3 is 24.1 Å². The second-order valence-electron chi connectivity index (χ2n) is 10.0. The quantitative estimate of drug-likeness (QED) is 0.250. The number of amides is 1. The average Bonchev–Trinajstić information content (AvgIpc) is 3.44. The van der Waals surface area contributed by atoms with Crippen LogP contribution in [0.5, 0.6) is 11.5 Å². The molecular formula is C27H30F3N5O10. The number of likely N-dealkylation sites (tertiary alicyclic amines) is 1. The molecule has 1 fully saturated rings. The Kier molecular flexibility index (Phi) is 10.9. The van der Waals surface area contributed by atoms with Gasteiger partial charge in [0.15, 0.2) is 28.9 Å². The zero-order valence-corrected chi connectivity index (χ0v) is 24.0. The molecule has 1 amide bonds. The fourth-order valence-corrected chi connectivity index (χ4v) is 4.57. The zero-order valence-electron chi connectivity index (χ0n) is 24.0. The number of aliphatic carboxylic acids is 3. The molecule has 0 radical (unpaired) electrons. The number of piperidine rings is 1. The first-order valence-corrected chi connectivity index (χ1v) is 13.3. The van der Waals surface area contributed by atoms with Gasteiger partial charge < -0.3 is 34.8 Å². The third-order valence-corrected chi connectivity index (χ3v) is 6.79. The van der Waals surface area contributed by atoms with Crippen molar-refractivity contribution in [1.29, 1.82) is 0 Å². The molecule has 1 atom stereocenters. The molecule has 2 aromatic heterocycles. The number of halogens is 3. The lowest BCUT2D eigenvalue weighted by Crippen LogP contribution is -2.44. The number of nitrogens with zero attached hydrogens (tertiary/aromatic N) is 5. The first-order chi connectivity index (χ1) is 21.1. The van der Waals surface area contributed by atoms with Crippen LogP contribution in [-0.4, -0.2) is 101 Å². The number of benzene rings is 1. The van der Waals surface area contributed by atoms with E-state index in [1.165, 1.54) is 7.11 Å². The Bertz CT molecular complexity index is 1520. The van der Waals surface area contributed by atoms with Crippen molar-refractivity contribution in [3.8, 4) is 11.5 Å². The lowest BCUT2D eigenvalue weighted by molar-refractivity contribution is -0.170. The van der Waals surface area contributed by atoms with E-state index in [1.54, 1.807) is 36.1 Å². The van der Waals surface area contributed by atoms with E-state index in [0.717, 1.165) is 12.4 Å². The minimum absolute atomic E-state index is 0.0906. The zero-order chi connectivity index (χ0) is 33.5. The molecule has 15 nitrogen and oxygen atoms in total. The van der Waals surface area contributed by atoms with E-state index in [0.29, 0.717) is 47.6 Å². The predicted octanol–water partition coefficient (Wildman–Crippen LogP) is 2.08. The molecule has 3 aromatic rings. The fourth-order valence-electron chi connectivity index (χ4n) is 4.57. The van der Waals surface area contributed by atoms with Crippen LogP contribution in [0, 0.1) is 0 Å². The van der Waals surface area contributed by atoms with Gasteiger partial charge in [-0.15, -0.1) is 0 Å². The molecule has 1 aliphatic heterocycles. The SMILES string of the molecule is COc1ccccc1OC(C)C(=O)N1CCC(c2cc(C(F)(F)F)n3ncnc3n2)CC1.O=C(O)CC(O)(CC(=O)O)C(=O)O. The van der Waals surface area contributed by atoms with Crippen molar-refractivity contribution in [3.05, 3.63) is 48.0 Å². The molecule has 0 bridgehead atoms. The molecule has 1 saturated heterocycles. The van der Waals surface area contributed by atoms with Crippen molar-refractivity contribution in [2.45, 2.75) is 56.4 Å². The molecule has 0 aliphatic carbocycles. The van der Waals surface area contributed by atoms with Crippen molar-refractivity contribution in [2.75, 3.05) is 20.2 Å². The van der Waals surface area contributed by atoms with Gasteiger partial charge in [-0.2, -0.15) is 27.8 Å². The second-order valence-corrected chi connectivity index (χ2v) is 10.0. The van der Waals surface area contributed by atoms with E-state index >= 15 is 0 Å². The Morgan fingerprint density at radius 2 is 1.60 bits per heavy atom. The normalized spacial score (nSPS) is 14.7. The maximum atomic E-state index is 13.4. The molecule has 4 N–H and O–H groups in total. The lowest BCUT2D eigenvalue weighted by Gasteiger charge is -2.33. The number of hydrogen-bond acceptors (Lipinski definition) is 10. The summed E-state index contributed by atoms with van der Waals surface area (Å²) in [5.41, 5.74) is -3.34. The van der Waals surface area contributed by atoms with E-state index in [1.807, 2.05) is 0 Å². The van der Waals surface area contributed by atoms with Gasteiger partial charge in [0.2, 0.25) is 0 Å². The summed E-state index contributed by atoms with van der Waals surface area (Å²) in [6, 6.07) is 8.08. The summed E-state index contributed by atoms with van der Waals surface area (Å²) in [4.78, 5) is 53.1. The number of hydrogen-bond donors (Lipinski definition) is 4. The molecule has 0 saturated carbocycles. The molecule has 1 unspecified atom stereocenters. The van der Waals surface area contributed by atoms with Gasteiger partial charge in [-0.1, -0.05) is 12.1 Å². The largest absolute Gasteiger partial charge is 0.493 e. The lowest BCUT2D eigenvalue weighted by atomic mass is 9.92. The molecule has 4 rings (SSSR count). The first kappa shape index (κ1) is 34.5. The van der Waals surface area contributed by atoms with Crippen LogP contribution in [0.2, 0.25) is 0 Å². The number of rotatable bonds is 10. The highest BCUT2D eigenvalue weighted by atomic mass is 19.4. The highest BCUT2D eigenvalue weighted by Gasteiger charge is 2.41. The summed E-state index contributed by atoms with van der Waals surface area (Å²) < 4.78 is 52.0. The molecule has 1 aliphatic rings. The number of carbonyl (C=O) groups is 4. The number of carboxylic acid groups (broad SMARTS) is 3. The fraction of sp³-hybridized carbons (Fsp3) is 0.444. The minimum Gasteiger partial charge on any atom is -0.493 e. The molecule has 244 valence electrons. The standard InChI is InChI=1S/C21H22F3N5O3.C6H8O7/c1-13(32-17-6-4-3-5-16(17)31-2)19(30)28-9-7-14(8-10-28)15-11-18(21(22,23)24)29-20(27-15)25-12-26-29;7-3(8)1-6(13,5(11)12)2-4(9)10/h3-6,11-14H,7-10H2,1-2H3;13H,1-2H2,(H,7,8)(H,9,10)(H,11,12). The molecule has 1 aromatic carbocycles. The van der Waals surface area contributed by atoms with Gasteiger partial charge in [-0.05, 0) is 38.0 Å². The first-order valence-electron chi connectivity index (χ1n) is 13.3. The number of aliphatic hydroxyl groups is 1. The number of methoxy groups -OCH3 is 1. The van der Waals surface area contributed by atoms with E-state index in [9.17, 15) is 32.3 Å². The van der Waals surface area contributed by atoms with E-state index in [2.05, 4.69) is 15.1 Å². The topological polar surface area (TPSA) is 214 Å². The number of carbonyl (C=O) groups excluding carboxylic acids is 1. The van der Waals surface area contributed by atoms with Gasteiger partial charge in [0.05, 0.1) is 20.0 Å². The number of fused-ring (bicyclic) bond motifs is 1. The van der Waals surface area contributed by atoms with Gasteiger partial charge in [0.25, 0.3) is 11.7 Å². The molecule has 18 heteroatoms. The highest BCUT2D eigenvalue weighted by molar-refractivity contribution is 5.88. The summed E-state index contributed by atoms with van der Waals surface area (Å²) in [6.07, 6.45) is -5.57. The van der Waals surface area contributed by atoms with Crippen molar-refractivity contribution in [2.24, 2.45) is 0 Å². The highest BCUT2D eigenvalue weighted by Crippen LogP contribution is 2.34. The smallest absolute Gasteiger partial charge is 0.433 e. The number of para-hydroxylation sites is 2. The van der Waals surface area contributed by atoms with Crippen LogP contribution >= 0.6 is 0 Å². The Labute approximate surface area is 252 Å². The van der Waals surface area contributed by atoms with Crippen LogP contribution in [0.3, 0.4) is 0 Å². The Morgan fingerprint density at radius 1 is 1.02 bits per heavy atom. The van der Waals surface area contributed by atoms with Crippen LogP contribution in [-0.2, 0) is 25.4 Å². The van der Waals surface area contributed by atoms with Gasteiger partial charge in [0.1, 0.15) is 6.33 Å². The summed E-state index contributed by atoms with van der Waals surface area (Å²) in [7, 11) is 1.52. The van der Waals surface area contributed by atoms with Crippen molar-refractivity contribution in [1.82, 2.24) is 24.5 Å². The predicted molar refractivity (Wildman–Crippen MR) is 145 cm³/mol. The maximum absolute atomic E-state index is 13.4. The van der Waals surface area contributed by atoms with E-state index in [-0.39, 0.29) is 17.6 Å². The third kappa shape index (κ3) is 8.78. The van der Waals surface area contributed by atoms with Crippen LogP contribution in [0.25, 0.3) is 5.78 Å². The van der Waals surface area contributed by atoms with E-state index in [4.69, 9.17) is 29.9 Å². The Balaban J connectivity index is 0.000000360. The van der Waals surface area contributed by atoms with Crippen LogP contribution < -0.4 is 9.47 Å². The second kappa shape index (κ2) is 14.2.